The molecule has 2 atom stereocenters. The molecule has 1 fully saturated rings. The number of nitrogens with one attached hydrogen (secondary N) is 1. The van der Waals surface area contributed by atoms with Crippen LogP contribution in [0.5, 0.6) is 5.75 Å². The van der Waals surface area contributed by atoms with Gasteiger partial charge in [-0.1, -0.05) is 38.1 Å². The summed E-state index contributed by atoms with van der Waals surface area (Å²) in [6.45, 7) is 8.70. The molecule has 2 unspecified atom stereocenters. The summed E-state index contributed by atoms with van der Waals surface area (Å²) in [4.78, 5) is 7.01. The number of anilines is 1. The molecular weight excluding hydrogens is 348 g/mol. The van der Waals surface area contributed by atoms with Crippen LogP contribution in [0.25, 0.3) is 0 Å². The second kappa shape index (κ2) is 9.60. The van der Waals surface area contributed by atoms with Gasteiger partial charge in [0.15, 0.2) is 5.96 Å². The normalized spacial score (nSPS) is 20.8. The van der Waals surface area contributed by atoms with Gasteiger partial charge in [-0.05, 0) is 53.6 Å². The van der Waals surface area contributed by atoms with Crippen LogP contribution in [0.15, 0.2) is 53.5 Å². The number of guanidine groups is 1. The molecule has 0 spiro atoms. The molecule has 1 saturated heterocycles. The average molecular weight is 381 g/mol. The fraction of sp³-hybridized carbons (Fsp3) is 0.435. The molecule has 5 heteroatoms. The highest BCUT2D eigenvalue weighted by Crippen LogP contribution is 2.22. The van der Waals surface area contributed by atoms with Gasteiger partial charge >= 0.3 is 0 Å². The third kappa shape index (κ3) is 5.99. The smallest absolute Gasteiger partial charge is 0.193 e. The van der Waals surface area contributed by atoms with Gasteiger partial charge in [0.2, 0.25) is 0 Å². The first-order valence-corrected chi connectivity index (χ1v) is 10.0. The van der Waals surface area contributed by atoms with Gasteiger partial charge in [0.1, 0.15) is 5.75 Å². The summed E-state index contributed by atoms with van der Waals surface area (Å²) >= 11 is 0. The molecule has 2 aromatic carbocycles. The molecule has 5 nitrogen and oxygen atoms in total. The van der Waals surface area contributed by atoms with Crippen LogP contribution in [0.1, 0.15) is 31.4 Å². The number of hydrogen-bond acceptors (Lipinski definition) is 3. The number of rotatable bonds is 6. The molecule has 1 heterocycles. The fourth-order valence-electron chi connectivity index (χ4n) is 3.97. The Kier molecular flexibility index (Phi) is 6.93. The van der Waals surface area contributed by atoms with Crippen LogP contribution < -0.4 is 15.8 Å². The third-order valence-corrected chi connectivity index (χ3v) is 5.17. The summed E-state index contributed by atoms with van der Waals surface area (Å²) in [7, 11) is 1.65. The Hall–Kier alpha value is -2.53. The van der Waals surface area contributed by atoms with Crippen molar-refractivity contribution in [2.24, 2.45) is 22.6 Å². The van der Waals surface area contributed by atoms with E-state index in [9.17, 15) is 0 Å². The van der Waals surface area contributed by atoms with Gasteiger partial charge < -0.3 is 15.8 Å². The van der Waals surface area contributed by atoms with Crippen LogP contribution in [0.2, 0.25) is 0 Å². The minimum atomic E-state index is 0.408. The monoisotopic (exact) mass is 380 g/mol. The number of aliphatic imine (C=N–C) groups is 1. The van der Waals surface area contributed by atoms with E-state index in [-0.39, 0.29) is 0 Å². The number of ether oxygens (including phenoxy) is 1. The Morgan fingerprint density at radius 3 is 2.25 bits per heavy atom. The second-order valence-electron chi connectivity index (χ2n) is 8.01. The fourth-order valence-corrected chi connectivity index (χ4v) is 3.97. The Balaban J connectivity index is 1.51. The van der Waals surface area contributed by atoms with Crippen molar-refractivity contribution in [1.29, 1.82) is 0 Å². The van der Waals surface area contributed by atoms with Crippen molar-refractivity contribution in [1.82, 2.24) is 4.90 Å². The first-order valence-electron chi connectivity index (χ1n) is 10.0. The summed E-state index contributed by atoms with van der Waals surface area (Å²) in [5.41, 5.74) is 9.41. The third-order valence-electron chi connectivity index (χ3n) is 5.17. The van der Waals surface area contributed by atoms with Crippen LogP contribution in [-0.4, -0.2) is 31.1 Å². The van der Waals surface area contributed by atoms with Gasteiger partial charge in [-0.25, -0.2) is 4.99 Å². The Labute approximate surface area is 168 Å². The minimum Gasteiger partial charge on any atom is -0.497 e. The maximum absolute atomic E-state index is 6.00. The van der Waals surface area contributed by atoms with Crippen molar-refractivity contribution in [3.05, 3.63) is 59.7 Å². The number of methoxy groups -OCH3 is 1. The summed E-state index contributed by atoms with van der Waals surface area (Å²) in [6, 6.07) is 16.3. The van der Waals surface area contributed by atoms with Crippen LogP contribution in [-0.2, 0) is 13.1 Å². The van der Waals surface area contributed by atoms with Gasteiger partial charge in [0.05, 0.1) is 13.7 Å². The lowest BCUT2D eigenvalue weighted by Crippen LogP contribution is -2.38. The Morgan fingerprint density at radius 1 is 1.04 bits per heavy atom. The molecule has 0 amide bonds. The Bertz CT molecular complexity index is 760. The van der Waals surface area contributed by atoms with E-state index in [1.807, 2.05) is 24.3 Å². The van der Waals surface area contributed by atoms with Crippen molar-refractivity contribution in [3.63, 3.8) is 0 Å². The number of nitrogens with two attached hydrogens (primary N) is 1. The lowest BCUT2D eigenvalue weighted by Gasteiger charge is -2.35. The SMILES string of the molecule is COc1ccc(NC(N)=NCc2ccc(CN3CC(C)CC(C)C3)cc2)cc1. The van der Waals surface area contributed by atoms with Gasteiger partial charge in [0.25, 0.3) is 0 Å². The number of hydrogen-bond donors (Lipinski definition) is 2. The summed E-state index contributed by atoms with van der Waals surface area (Å²) in [5.74, 6) is 2.80. The molecule has 0 aliphatic carbocycles. The average Bonchev–Trinajstić information content (AvgIpc) is 2.67. The van der Waals surface area contributed by atoms with Gasteiger partial charge in [-0.15, -0.1) is 0 Å². The number of piperidine rings is 1. The first-order chi connectivity index (χ1) is 13.5. The lowest BCUT2D eigenvalue weighted by atomic mass is 9.91. The maximum Gasteiger partial charge on any atom is 0.193 e. The molecule has 1 aliphatic rings. The number of likely N-dealkylation sites (tertiary alicyclic amines) is 1. The lowest BCUT2D eigenvalue weighted by molar-refractivity contribution is 0.134. The zero-order valence-electron chi connectivity index (χ0n) is 17.2. The van der Waals surface area contributed by atoms with Crippen molar-refractivity contribution in [2.75, 3.05) is 25.5 Å². The molecule has 28 heavy (non-hydrogen) atoms. The molecule has 3 N–H and O–H groups in total. The highest BCUT2D eigenvalue weighted by atomic mass is 16.5. The van der Waals surface area contributed by atoms with Gasteiger partial charge in [-0.2, -0.15) is 0 Å². The van der Waals surface area contributed by atoms with Crippen molar-refractivity contribution < 1.29 is 4.74 Å². The van der Waals surface area contributed by atoms with Crippen molar-refractivity contribution in [3.8, 4) is 5.75 Å². The zero-order valence-corrected chi connectivity index (χ0v) is 17.2. The van der Waals surface area contributed by atoms with Gasteiger partial charge in [-0.3, -0.25) is 4.90 Å². The summed E-state index contributed by atoms with van der Waals surface area (Å²) in [5, 5.41) is 3.10. The van der Waals surface area contributed by atoms with E-state index in [4.69, 9.17) is 10.5 Å². The minimum absolute atomic E-state index is 0.408. The largest absolute Gasteiger partial charge is 0.497 e. The van der Waals surface area contributed by atoms with Crippen LogP contribution in [0, 0.1) is 11.8 Å². The molecule has 0 saturated carbocycles. The van der Waals surface area contributed by atoms with E-state index >= 15 is 0 Å². The predicted octanol–water partition coefficient (Wildman–Crippen LogP) is 4.10. The van der Waals surface area contributed by atoms with Crippen LogP contribution >= 0.6 is 0 Å². The molecule has 0 aromatic heterocycles. The standard InChI is InChI=1S/C23H32N4O/c1-17-12-18(2)15-27(14-17)16-20-6-4-19(5-7-20)13-25-23(24)26-21-8-10-22(28-3)11-9-21/h4-11,17-18H,12-16H2,1-3H3,(H3,24,25,26). The van der Waals surface area contributed by atoms with E-state index in [1.165, 1.54) is 25.1 Å². The second-order valence-corrected chi connectivity index (χ2v) is 8.01. The van der Waals surface area contributed by atoms with E-state index in [0.717, 1.165) is 35.4 Å². The predicted molar refractivity (Wildman–Crippen MR) is 117 cm³/mol. The van der Waals surface area contributed by atoms with E-state index in [1.54, 1.807) is 7.11 Å². The summed E-state index contributed by atoms with van der Waals surface area (Å²) < 4.78 is 5.16. The first kappa shape index (κ1) is 20.2. The summed E-state index contributed by atoms with van der Waals surface area (Å²) in [6.07, 6.45) is 1.35. The molecular formula is C23H32N4O. The van der Waals surface area contributed by atoms with Crippen molar-refractivity contribution in [2.45, 2.75) is 33.4 Å². The zero-order chi connectivity index (χ0) is 19.9. The van der Waals surface area contributed by atoms with Crippen LogP contribution in [0.3, 0.4) is 0 Å². The van der Waals surface area contributed by atoms with Crippen LogP contribution in [0.4, 0.5) is 5.69 Å². The topological polar surface area (TPSA) is 62.9 Å². The highest BCUT2D eigenvalue weighted by Gasteiger charge is 2.21. The highest BCUT2D eigenvalue weighted by molar-refractivity contribution is 5.92. The molecule has 0 radical (unpaired) electrons. The molecule has 1 aliphatic heterocycles. The van der Waals surface area contributed by atoms with E-state index < -0.39 is 0 Å². The molecule has 0 bridgehead atoms. The maximum atomic E-state index is 6.00. The molecule has 150 valence electrons. The molecule has 3 rings (SSSR count). The number of benzene rings is 2. The van der Waals surface area contributed by atoms with Crippen molar-refractivity contribution >= 4 is 11.6 Å². The number of nitrogens with zero attached hydrogens (tertiary/aromatic N) is 2. The van der Waals surface area contributed by atoms with E-state index in [0.29, 0.717) is 12.5 Å². The molecule has 2 aromatic rings. The Morgan fingerprint density at radius 2 is 1.64 bits per heavy atom. The quantitative estimate of drug-likeness (QED) is 0.585. The van der Waals surface area contributed by atoms with E-state index in [2.05, 4.69) is 53.3 Å². The van der Waals surface area contributed by atoms with Gasteiger partial charge in [0, 0.05) is 25.3 Å².